The summed E-state index contributed by atoms with van der Waals surface area (Å²) in [6.45, 7) is 6.19. The molecule has 1 heterocycles. The minimum absolute atomic E-state index is 0.330. The second-order valence-electron chi connectivity index (χ2n) is 3.61. The van der Waals surface area contributed by atoms with Crippen molar-refractivity contribution in [1.82, 2.24) is 4.90 Å². The third-order valence-electron chi connectivity index (χ3n) is 2.38. The van der Waals surface area contributed by atoms with Crippen LogP contribution in [0.25, 0.3) is 0 Å². The van der Waals surface area contributed by atoms with E-state index >= 15 is 0 Å². The second kappa shape index (κ2) is 2.84. The SMILES string of the molecule is C#CCN1CC(O)(C(C)C)C1. The Hall–Kier alpha value is -0.520. The highest BCUT2D eigenvalue weighted by Crippen LogP contribution is 2.27. The van der Waals surface area contributed by atoms with E-state index in [0.29, 0.717) is 12.5 Å². The zero-order valence-corrected chi connectivity index (χ0v) is 7.17. The lowest BCUT2D eigenvalue weighted by atomic mass is 9.83. The molecule has 0 bridgehead atoms. The first-order valence-electron chi connectivity index (χ1n) is 3.97. The number of likely N-dealkylation sites (tertiary alicyclic amines) is 1. The molecule has 1 rings (SSSR count). The highest BCUT2D eigenvalue weighted by molar-refractivity contribution is 5.02. The van der Waals surface area contributed by atoms with Crippen LogP contribution in [0.5, 0.6) is 0 Å². The summed E-state index contributed by atoms with van der Waals surface area (Å²) < 4.78 is 0. The van der Waals surface area contributed by atoms with Gasteiger partial charge in [-0.3, -0.25) is 4.90 Å². The van der Waals surface area contributed by atoms with E-state index in [4.69, 9.17) is 6.42 Å². The fourth-order valence-corrected chi connectivity index (χ4v) is 1.33. The van der Waals surface area contributed by atoms with Crippen LogP contribution >= 0.6 is 0 Å². The van der Waals surface area contributed by atoms with E-state index in [-0.39, 0.29) is 0 Å². The van der Waals surface area contributed by atoms with Gasteiger partial charge in [0.05, 0.1) is 12.1 Å². The second-order valence-corrected chi connectivity index (χ2v) is 3.61. The predicted molar refractivity (Wildman–Crippen MR) is 45.1 cm³/mol. The van der Waals surface area contributed by atoms with Crippen molar-refractivity contribution < 1.29 is 5.11 Å². The fraction of sp³-hybridized carbons (Fsp3) is 0.778. The average molecular weight is 153 g/mol. The molecule has 1 saturated heterocycles. The zero-order chi connectivity index (χ0) is 8.48. The molecule has 1 aliphatic rings. The standard InChI is InChI=1S/C9H15NO/c1-4-5-10-6-9(11,7-10)8(2)3/h1,8,11H,5-7H2,2-3H3. The fourth-order valence-electron chi connectivity index (χ4n) is 1.33. The molecule has 2 heteroatoms. The normalized spacial score (nSPS) is 22.8. The first-order valence-corrected chi connectivity index (χ1v) is 3.97. The van der Waals surface area contributed by atoms with Gasteiger partial charge in [-0.25, -0.2) is 0 Å². The smallest absolute Gasteiger partial charge is 0.0923 e. The van der Waals surface area contributed by atoms with Gasteiger partial charge in [-0.05, 0) is 5.92 Å². The lowest BCUT2D eigenvalue weighted by Gasteiger charge is -2.48. The van der Waals surface area contributed by atoms with Crippen molar-refractivity contribution in [3.63, 3.8) is 0 Å². The van der Waals surface area contributed by atoms with Gasteiger partial charge in [-0.15, -0.1) is 6.42 Å². The summed E-state index contributed by atoms with van der Waals surface area (Å²) in [5.41, 5.74) is -0.475. The van der Waals surface area contributed by atoms with Crippen molar-refractivity contribution in [3.05, 3.63) is 0 Å². The summed E-state index contributed by atoms with van der Waals surface area (Å²) >= 11 is 0. The number of hydrogen-bond acceptors (Lipinski definition) is 2. The van der Waals surface area contributed by atoms with Crippen molar-refractivity contribution in [2.45, 2.75) is 19.4 Å². The Morgan fingerprint density at radius 1 is 1.64 bits per heavy atom. The maximum Gasteiger partial charge on any atom is 0.0923 e. The highest BCUT2D eigenvalue weighted by Gasteiger charge is 2.42. The number of rotatable bonds is 2. The van der Waals surface area contributed by atoms with Crippen LogP contribution in [0.4, 0.5) is 0 Å². The molecule has 0 atom stereocenters. The molecule has 0 aromatic carbocycles. The van der Waals surface area contributed by atoms with Gasteiger partial charge in [0.15, 0.2) is 0 Å². The van der Waals surface area contributed by atoms with Crippen molar-refractivity contribution in [2.75, 3.05) is 19.6 Å². The van der Waals surface area contributed by atoms with Gasteiger partial charge < -0.3 is 5.11 Å². The molecule has 1 aliphatic heterocycles. The van der Waals surface area contributed by atoms with Crippen molar-refractivity contribution >= 4 is 0 Å². The van der Waals surface area contributed by atoms with Gasteiger partial charge in [-0.2, -0.15) is 0 Å². The Morgan fingerprint density at radius 3 is 2.55 bits per heavy atom. The maximum atomic E-state index is 9.77. The maximum absolute atomic E-state index is 9.77. The summed E-state index contributed by atoms with van der Waals surface area (Å²) in [5.74, 6) is 2.89. The molecule has 2 nitrogen and oxygen atoms in total. The third-order valence-corrected chi connectivity index (χ3v) is 2.38. The van der Waals surface area contributed by atoms with Crippen LogP contribution < -0.4 is 0 Å². The van der Waals surface area contributed by atoms with Gasteiger partial charge >= 0.3 is 0 Å². The quantitative estimate of drug-likeness (QED) is 0.578. The number of aliphatic hydroxyl groups is 1. The van der Waals surface area contributed by atoms with Gasteiger partial charge in [-0.1, -0.05) is 19.8 Å². The Morgan fingerprint density at radius 2 is 2.18 bits per heavy atom. The molecule has 0 aliphatic carbocycles. The zero-order valence-electron chi connectivity index (χ0n) is 7.17. The molecule has 0 unspecified atom stereocenters. The summed E-state index contributed by atoms with van der Waals surface area (Å²) in [6.07, 6.45) is 5.13. The van der Waals surface area contributed by atoms with E-state index in [1.165, 1.54) is 0 Å². The summed E-state index contributed by atoms with van der Waals surface area (Å²) in [6, 6.07) is 0. The minimum atomic E-state index is -0.475. The van der Waals surface area contributed by atoms with E-state index in [0.717, 1.165) is 13.1 Å². The molecule has 62 valence electrons. The predicted octanol–water partition coefficient (Wildman–Crippen LogP) is 0.322. The van der Waals surface area contributed by atoms with Crippen molar-refractivity contribution in [2.24, 2.45) is 5.92 Å². The molecule has 0 aromatic rings. The summed E-state index contributed by atoms with van der Waals surface area (Å²) in [4.78, 5) is 2.07. The first kappa shape index (κ1) is 8.58. The largest absolute Gasteiger partial charge is 0.387 e. The molecule has 0 amide bonds. The molecule has 1 N–H and O–H groups in total. The van der Waals surface area contributed by atoms with E-state index in [2.05, 4.69) is 10.8 Å². The molecular weight excluding hydrogens is 138 g/mol. The topological polar surface area (TPSA) is 23.5 Å². The van der Waals surface area contributed by atoms with Gasteiger partial charge in [0.25, 0.3) is 0 Å². The van der Waals surface area contributed by atoms with Crippen LogP contribution in [-0.4, -0.2) is 35.2 Å². The van der Waals surface area contributed by atoms with E-state index < -0.39 is 5.60 Å². The first-order chi connectivity index (χ1) is 5.08. The number of β-amino-alcohol motifs (C(OH)–C–C–N with tert-alkyl or cyclic N) is 1. The lowest BCUT2D eigenvalue weighted by molar-refractivity contribution is -0.122. The Labute approximate surface area is 68.2 Å². The van der Waals surface area contributed by atoms with Crippen LogP contribution in [0.1, 0.15) is 13.8 Å². The van der Waals surface area contributed by atoms with E-state index in [1.54, 1.807) is 0 Å². The van der Waals surface area contributed by atoms with Crippen LogP contribution in [0.2, 0.25) is 0 Å². The molecule has 0 aromatic heterocycles. The Kier molecular flexibility index (Phi) is 2.22. The van der Waals surface area contributed by atoms with Gasteiger partial charge in [0.2, 0.25) is 0 Å². The van der Waals surface area contributed by atoms with Gasteiger partial charge in [0, 0.05) is 13.1 Å². The summed E-state index contributed by atoms with van der Waals surface area (Å²) in [7, 11) is 0. The van der Waals surface area contributed by atoms with Crippen LogP contribution in [-0.2, 0) is 0 Å². The molecule has 0 spiro atoms. The monoisotopic (exact) mass is 153 g/mol. The Balaban J connectivity index is 2.33. The molecule has 1 fully saturated rings. The van der Waals surface area contributed by atoms with E-state index in [1.807, 2.05) is 13.8 Å². The van der Waals surface area contributed by atoms with Crippen LogP contribution in [0.15, 0.2) is 0 Å². The van der Waals surface area contributed by atoms with Crippen LogP contribution in [0, 0.1) is 18.3 Å². The third kappa shape index (κ3) is 1.55. The lowest BCUT2D eigenvalue weighted by Crippen LogP contribution is -2.64. The molecule has 0 saturated carbocycles. The Bertz CT molecular complexity index is 174. The molecular formula is C9H15NO. The van der Waals surface area contributed by atoms with Crippen molar-refractivity contribution in [3.8, 4) is 12.3 Å². The van der Waals surface area contributed by atoms with Crippen molar-refractivity contribution in [1.29, 1.82) is 0 Å². The van der Waals surface area contributed by atoms with Crippen LogP contribution in [0.3, 0.4) is 0 Å². The highest BCUT2D eigenvalue weighted by atomic mass is 16.3. The number of terminal acetylenes is 1. The number of nitrogens with zero attached hydrogens (tertiary/aromatic N) is 1. The number of hydrogen-bond donors (Lipinski definition) is 1. The minimum Gasteiger partial charge on any atom is -0.387 e. The summed E-state index contributed by atoms with van der Waals surface area (Å²) in [5, 5.41) is 9.77. The molecule has 0 radical (unpaired) electrons. The average Bonchev–Trinajstić information content (AvgIpc) is 1.84. The molecule has 11 heavy (non-hydrogen) atoms. The van der Waals surface area contributed by atoms with E-state index in [9.17, 15) is 5.11 Å². The van der Waals surface area contributed by atoms with Gasteiger partial charge in [0.1, 0.15) is 0 Å².